The van der Waals surface area contributed by atoms with Crippen molar-refractivity contribution in [1.82, 2.24) is 10.2 Å². The molecule has 0 aliphatic carbocycles. The minimum atomic E-state index is -3.78. The molecular weight excluding hydrogens is 294 g/mol. The molecule has 1 heterocycles. The van der Waals surface area contributed by atoms with Crippen molar-refractivity contribution in [3.8, 4) is 0 Å². The van der Waals surface area contributed by atoms with Gasteiger partial charge in [-0.15, -0.1) is 5.11 Å². The first-order chi connectivity index (χ1) is 9.79. The highest BCUT2D eigenvalue weighted by atomic mass is 32.2. The van der Waals surface area contributed by atoms with Gasteiger partial charge in [0, 0.05) is 14.1 Å². The molecule has 5 N–H and O–H groups in total. The van der Waals surface area contributed by atoms with E-state index in [1.54, 1.807) is 25.1 Å². The molecule has 1 aromatic heterocycles. The number of sulfonamides is 1. The zero-order valence-corrected chi connectivity index (χ0v) is 12.3. The molecule has 0 spiro atoms. The summed E-state index contributed by atoms with van der Waals surface area (Å²) in [6.45, 7) is 0. The zero-order chi connectivity index (χ0) is 15.6. The van der Waals surface area contributed by atoms with Crippen LogP contribution >= 0.6 is 0 Å². The van der Waals surface area contributed by atoms with E-state index in [9.17, 15) is 8.42 Å². The van der Waals surface area contributed by atoms with Crippen LogP contribution in [0.3, 0.4) is 0 Å². The van der Waals surface area contributed by atoms with Crippen molar-refractivity contribution in [2.24, 2.45) is 15.4 Å². The number of rotatable bonds is 4. The first-order valence-electron chi connectivity index (χ1n) is 5.85. The summed E-state index contributed by atoms with van der Waals surface area (Å²) in [4.78, 5) is 1.69. The molecule has 0 radical (unpaired) electrons. The van der Waals surface area contributed by atoms with Gasteiger partial charge >= 0.3 is 0 Å². The lowest BCUT2D eigenvalue weighted by molar-refractivity contribution is 0.598. The molecule has 0 saturated heterocycles. The molecule has 0 fully saturated rings. The average Bonchev–Trinajstić information content (AvgIpc) is 2.77. The minimum Gasteiger partial charge on any atom is -0.382 e. The Hall–Kier alpha value is -2.46. The highest BCUT2D eigenvalue weighted by Crippen LogP contribution is 2.32. The van der Waals surface area contributed by atoms with Crippen LogP contribution in [0.4, 0.5) is 23.0 Å². The van der Waals surface area contributed by atoms with Crippen molar-refractivity contribution in [1.29, 1.82) is 0 Å². The van der Waals surface area contributed by atoms with Gasteiger partial charge < -0.3 is 10.6 Å². The number of aromatic amines is 1. The molecule has 0 aliphatic heterocycles. The fourth-order valence-electron chi connectivity index (χ4n) is 1.58. The number of nitrogens with zero attached hydrogens (tertiary/aromatic N) is 4. The van der Waals surface area contributed by atoms with Crippen LogP contribution in [0.25, 0.3) is 0 Å². The lowest BCUT2D eigenvalue weighted by Gasteiger charge is -2.07. The molecule has 0 bridgehead atoms. The lowest BCUT2D eigenvalue weighted by atomic mass is 10.3. The molecule has 0 atom stereocenters. The Labute approximate surface area is 121 Å². The van der Waals surface area contributed by atoms with Gasteiger partial charge in [-0.05, 0) is 18.2 Å². The van der Waals surface area contributed by atoms with E-state index in [4.69, 9.17) is 10.9 Å². The summed E-state index contributed by atoms with van der Waals surface area (Å²) in [5.41, 5.74) is 6.44. The van der Waals surface area contributed by atoms with E-state index in [0.717, 1.165) is 0 Å². The van der Waals surface area contributed by atoms with E-state index in [1.807, 2.05) is 0 Å². The van der Waals surface area contributed by atoms with Crippen LogP contribution in [-0.4, -0.2) is 32.7 Å². The molecule has 2 rings (SSSR count). The molecule has 21 heavy (non-hydrogen) atoms. The topological polar surface area (TPSA) is 143 Å². The smallest absolute Gasteiger partial charge is 0.238 e. The van der Waals surface area contributed by atoms with Gasteiger partial charge in [0.25, 0.3) is 0 Å². The van der Waals surface area contributed by atoms with Crippen LogP contribution in [0.2, 0.25) is 0 Å². The summed E-state index contributed by atoms with van der Waals surface area (Å²) in [5, 5.41) is 19.6. The molecule has 112 valence electrons. The van der Waals surface area contributed by atoms with Crippen LogP contribution in [-0.2, 0) is 10.0 Å². The molecule has 0 saturated carbocycles. The van der Waals surface area contributed by atoms with Crippen molar-refractivity contribution in [3.63, 3.8) is 0 Å². The lowest BCUT2D eigenvalue weighted by Crippen LogP contribution is -2.11. The van der Waals surface area contributed by atoms with Crippen molar-refractivity contribution < 1.29 is 8.42 Å². The quantitative estimate of drug-likeness (QED) is 0.725. The van der Waals surface area contributed by atoms with Crippen molar-refractivity contribution in [3.05, 3.63) is 24.3 Å². The van der Waals surface area contributed by atoms with E-state index in [-0.39, 0.29) is 10.7 Å². The third kappa shape index (κ3) is 3.35. The largest absolute Gasteiger partial charge is 0.382 e. The van der Waals surface area contributed by atoms with Crippen LogP contribution in [0, 0.1) is 0 Å². The Morgan fingerprint density at radius 1 is 1.29 bits per heavy atom. The van der Waals surface area contributed by atoms with Gasteiger partial charge in [-0.1, -0.05) is 6.07 Å². The molecule has 10 heteroatoms. The van der Waals surface area contributed by atoms with Gasteiger partial charge in [-0.2, -0.15) is 10.2 Å². The third-order valence-electron chi connectivity index (χ3n) is 2.58. The first-order valence-corrected chi connectivity index (χ1v) is 7.39. The number of nitrogen functional groups attached to an aromatic ring is 1. The Morgan fingerprint density at radius 2 is 2.00 bits per heavy atom. The summed E-state index contributed by atoms with van der Waals surface area (Å²) in [7, 11) is -0.204. The predicted octanol–water partition coefficient (Wildman–Crippen LogP) is 1.12. The molecule has 0 aliphatic rings. The number of azo groups is 1. The Bertz CT molecular complexity index is 780. The molecule has 1 aromatic carbocycles. The number of nitrogens with two attached hydrogens (primary N) is 2. The van der Waals surface area contributed by atoms with Crippen LogP contribution in [0.15, 0.2) is 39.4 Å². The second-order valence-corrected chi connectivity index (χ2v) is 6.01. The van der Waals surface area contributed by atoms with E-state index in [2.05, 4.69) is 20.4 Å². The van der Waals surface area contributed by atoms with E-state index in [1.165, 1.54) is 18.2 Å². The van der Waals surface area contributed by atoms with E-state index < -0.39 is 10.0 Å². The van der Waals surface area contributed by atoms with Gasteiger partial charge in [0.05, 0.1) is 10.6 Å². The summed E-state index contributed by atoms with van der Waals surface area (Å²) in [6.07, 6.45) is 0. The number of nitrogens with one attached hydrogen (secondary N) is 1. The van der Waals surface area contributed by atoms with Crippen LogP contribution in [0.5, 0.6) is 0 Å². The van der Waals surface area contributed by atoms with E-state index >= 15 is 0 Å². The number of H-pyrrole nitrogens is 1. The normalized spacial score (nSPS) is 12.0. The van der Waals surface area contributed by atoms with Crippen molar-refractivity contribution in [2.75, 3.05) is 24.7 Å². The maximum atomic E-state index is 11.3. The van der Waals surface area contributed by atoms with Gasteiger partial charge in [-0.25, -0.2) is 13.6 Å². The Morgan fingerprint density at radius 3 is 2.62 bits per heavy atom. The molecule has 9 nitrogen and oxygen atoms in total. The zero-order valence-electron chi connectivity index (χ0n) is 11.5. The summed E-state index contributed by atoms with van der Waals surface area (Å²) < 4.78 is 22.6. The fourth-order valence-corrected chi connectivity index (χ4v) is 2.13. The molecular formula is C11H15N7O2S. The average molecular weight is 309 g/mol. The summed E-state index contributed by atoms with van der Waals surface area (Å²) in [5.74, 6) is 0.795. The highest BCUT2D eigenvalue weighted by Gasteiger charge is 2.12. The van der Waals surface area contributed by atoms with Gasteiger partial charge in [0.2, 0.25) is 10.0 Å². The van der Waals surface area contributed by atoms with Crippen molar-refractivity contribution in [2.45, 2.75) is 4.90 Å². The van der Waals surface area contributed by atoms with Crippen LogP contribution in [0.1, 0.15) is 0 Å². The second-order valence-electron chi connectivity index (χ2n) is 4.45. The van der Waals surface area contributed by atoms with Gasteiger partial charge in [-0.3, -0.25) is 5.10 Å². The minimum absolute atomic E-state index is 0.0352. The predicted molar refractivity (Wildman–Crippen MR) is 79.3 cm³/mol. The first kappa shape index (κ1) is 14.9. The van der Waals surface area contributed by atoms with E-state index in [0.29, 0.717) is 17.2 Å². The van der Waals surface area contributed by atoms with Crippen LogP contribution < -0.4 is 15.8 Å². The summed E-state index contributed by atoms with van der Waals surface area (Å²) in [6, 6.07) is 5.83. The number of anilines is 2. The molecule has 0 unspecified atom stereocenters. The molecule has 2 aromatic rings. The maximum absolute atomic E-state index is 11.3. The fraction of sp³-hybridized carbons (Fsp3) is 0.182. The number of benzene rings is 1. The van der Waals surface area contributed by atoms with Gasteiger partial charge in [0.1, 0.15) is 5.82 Å². The standard InChI is InChI=1S/C11H15N7O2S/c1-18(2)11-9(10(12)16-17-11)15-14-7-4-3-5-8(6-7)21(13,19)20/h3-6H,1-2H3,(H3,12,16,17)(H2,13,19,20). The highest BCUT2D eigenvalue weighted by molar-refractivity contribution is 7.89. The Kier molecular flexibility index (Phi) is 3.91. The summed E-state index contributed by atoms with van der Waals surface area (Å²) >= 11 is 0. The number of hydrogen-bond donors (Lipinski definition) is 3. The maximum Gasteiger partial charge on any atom is 0.238 e. The number of primary sulfonamides is 1. The number of aromatic nitrogens is 2. The second kappa shape index (κ2) is 5.50. The number of hydrogen-bond acceptors (Lipinski definition) is 7. The third-order valence-corrected chi connectivity index (χ3v) is 3.50. The monoisotopic (exact) mass is 309 g/mol. The van der Waals surface area contributed by atoms with Crippen molar-refractivity contribution >= 4 is 33.0 Å². The van der Waals surface area contributed by atoms with Gasteiger partial charge in [0.15, 0.2) is 11.5 Å². The molecule has 0 amide bonds. The Balaban J connectivity index is 2.37. The SMILES string of the molecule is CN(C)c1n[nH]c(N)c1N=Nc1cccc(S(N)(=O)=O)c1.